The molecular formula is C10H15ClN2O3S. The van der Waals surface area contributed by atoms with Crippen LogP contribution in [0.2, 0.25) is 5.02 Å². The molecule has 1 aromatic carbocycles. The van der Waals surface area contributed by atoms with Crippen LogP contribution in [0.4, 0.5) is 5.69 Å². The van der Waals surface area contributed by atoms with E-state index >= 15 is 0 Å². The largest absolute Gasteiger partial charge is 0.398 e. The van der Waals surface area contributed by atoms with Gasteiger partial charge < -0.3 is 10.8 Å². The topological polar surface area (TPSA) is 92.4 Å². The quantitative estimate of drug-likeness (QED) is 0.700. The zero-order valence-corrected chi connectivity index (χ0v) is 10.9. The first-order valence-corrected chi connectivity index (χ1v) is 6.95. The standard InChI is InChI=1S/C10H15ClN2O3S/c1-2-8(6-14)13-17(15,16)10-5-7(11)3-4-9(10)12/h3-5,8,13-14H,2,6,12H2,1H3/t8-/m0/s1. The van der Waals surface area contributed by atoms with Gasteiger partial charge in [0.2, 0.25) is 10.0 Å². The van der Waals surface area contributed by atoms with E-state index in [0.29, 0.717) is 6.42 Å². The van der Waals surface area contributed by atoms with Gasteiger partial charge in [0.05, 0.1) is 12.3 Å². The second-order valence-corrected chi connectivity index (χ2v) is 5.71. The summed E-state index contributed by atoms with van der Waals surface area (Å²) in [4.78, 5) is -0.0723. The molecule has 0 aliphatic carbocycles. The second-order valence-electron chi connectivity index (χ2n) is 3.59. The Bertz CT molecular complexity index is 486. The first kappa shape index (κ1) is 14.2. The van der Waals surface area contributed by atoms with Gasteiger partial charge in [-0.25, -0.2) is 13.1 Å². The van der Waals surface area contributed by atoms with Gasteiger partial charge in [0.1, 0.15) is 4.90 Å². The summed E-state index contributed by atoms with van der Waals surface area (Å²) in [7, 11) is -3.76. The van der Waals surface area contributed by atoms with Crippen molar-refractivity contribution >= 4 is 27.3 Å². The van der Waals surface area contributed by atoms with Crippen LogP contribution in [-0.2, 0) is 10.0 Å². The predicted molar refractivity (Wildman–Crippen MR) is 67.4 cm³/mol. The molecule has 5 nitrogen and oxygen atoms in total. The van der Waals surface area contributed by atoms with E-state index in [4.69, 9.17) is 22.4 Å². The van der Waals surface area contributed by atoms with Crippen LogP contribution < -0.4 is 10.5 Å². The molecule has 0 aliphatic rings. The minimum Gasteiger partial charge on any atom is -0.398 e. The van der Waals surface area contributed by atoms with Crippen molar-refractivity contribution in [3.63, 3.8) is 0 Å². The predicted octanol–water partition coefficient (Wildman–Crippen LogP) is 0.971. The Morgan fingerprint density at radius 1 is 1.53 bits per heavy atom. The van der Waals surface area contributed by atoms with Crippen molar-refractivity contribution < 1.29 is 13.5 Å². The van der Waals surface area contributed by atoms with Gasteiger partial charge >= 0.3 is 0 Å². The highest BCUT2D eigenvalue weighted by molar-refractivity contribution is 7.89. The number of nitrogen functional groups attached to an aromatic ring is 1. The monoisotopic (exact) mass is 278 g/mol. The third kappa shape index (κ3) is 3.57. The summed E-state index contributed by atoms with van der Waals surface area (Å²) in [6.07, 6.45) is 0.482. The number of hydrogen-bond acceptors (Lipinski definition) is 4. The van der Waals surface area contributed by atoms with Crippen LogP contribution in [0.3, 0.4) is 0 Å². The van der Waals surface area contributed by atoms with Crippen molar-refractivity contribution in [1.82, 2.24) is 4.72 Å². The lowest BCUT2D eigenvalue weighted by Crippen LogP contribution is -2.37. The van der Waals surface area contributed by atoms with Gasteiger partial charge in [-0.15, -0.1) is 0 Å². The molecule has 0 aromatic heterocycles. The SMILES string of the molecule is CC[C@@H](CO)NS(=O)(=O)c1cc(Cl)ccc1N. The maximum absolute atomic E-state index is 12.0. The molecule has 0 fully saturated rings. The third-order valence-electron chi connectivity index (χ3n) is 2.30. The number of nitrogens with one attached hydrogen (secondary N) is 1. The Morgan fingerprint density at radius 3 is 2.71 bits per heavy atom. The molecule has 0 spiro atoms. The Morgan fingerprint density at radius 2 is 2.18 bits per heavy atom. The van der Waals surface area contributed by atoms with Gasteiger partial charge in [-0.05, 0) is 24.6 Å². The Hall–Kier alpha value is -0.820. The number of aliphatic hydroxyl groups is 1. The number of aliphatic hydroxyl groups excluding tert-OH is 1. The number of halogens is 1. The lowest BCUT2D eigenvalue weighted by molar-refractivity contribution is 0.254. The number of benzene rings is 1. The number of sulfonamides is 1. The zero-order valence-electron chi connectivity index (χ0n) is 9.35. The molecule has 96 valence electrons. The highest BCUT2D eigenvalue weighted by Gasteiger charge is 2.21. The van der Waals surface area contributed by atoms with Gasteiger partial charge in [0, 0.05) is 11.1 Å². The molecule has 1 atom stereocenters. The van der Waals surface area contributed by atoms with Crippen molar-refractivity contribution in [2.75, 3.05) is 12.3 Å². The Kier molecular flexibility index (Phi) is 4.76. The highest BCUT2D eigenvalue weighted by Crippen LogP contribution is 2.22. The van der Waals surface area contributed by atoms with Gasteiger partial charge in [0.25, 0.3) is 0 Å². The second kappa shape index (κ2) is 5.68. The summed E-state index contributed by atoms with van der Waals surface area (Å²) in [5.74, 6) is 0. The Balaban J connectivity index is 3.09. The molecule has 0 unspecified atom stereocenters. The van der Waals surface area contributed by atoms with E-state index in [1.807, 2.05) is 0 Å². The van der Waals surface area contributed by atoms with Crippen LogP contribution in [0.15, 0.2) is 23.1 Å². The summed E-state index contributed by atoms with van der Waals surface area (Å²) < 4.78 is 26.3. The van der Waals surface area contributed by atoms with Crippen molar-refractivity contribution in [3.8, 4) is 0 Å². The van der Waals surface area contributed by atoms with Gasteiger partial charge in [-0.2, -0.15) is 0 Å². The zero-order chi connectivity index (χ0) is 13.1. The number of anilines is 1. The molecule has 17 heavy (non-hydrogen) atoms. The fourth-order valence-corrected chi connectivity index (χ4v) is 2.98. The van der Waals surface area contributed by atoms with Crippen molar-refractivity contribution in [1.29, 1.82) is 0 Å². The lowest BCUT2D eigenvalue weighted by atomic mass is 10.3. The Labute approximate surface area is 106 Å². The average Bonchev–Trinajstić information content (AvgIpc) is 2.29. The van der Waals surface area contributed by atoms with E-state index < -0.39 is 16.1 Å². The molecular weight excluding hydrogens is 264 g/mol. The molecule has 0 bridgehead atoms. The molecule has 4 N–H and O–H groups in total. The van der Waals surface area contributed by atoms with Gasteiger partial charge in [-0.1, -0.05) is 18.5 Å². The molecule has 7 heteroatoms. The van der Waals surface area contributed by atoms with Crippen LogP contribution in [0, 0.1) is 0 Å². The molecule has 0 aliphatic heterocycles. The van der Waals surface area contributed by atoms with Crippen LogP contribution in [0.25, 0.3) is 0 Å². The molecule has 1 rings (SSSR count). The molecule has 0 amide bonds. The normalized spacial score (nSPS) is 13.6. The molecule has 0 radical (unpaired) electrons. The van der Waals surface area contributed by atoms with Gasteiger partial charge in [0.15, 0.2) is 0 Å². The van der Waals surface area contributed by atoms with Crippen LogP contribution in [0.5, 0.6) is 0 Å². The molecule has 1 aromatic rings. The maximum atomic E-state index is 12.0. The summed E-state index contributed by atoms with van der Waals surface area (Å²) in [5.41, 5.74) is 5.71. The van der Waals surface area contributed by atoms with Crippen molar-refractivity contribution in [2.24, 2.45) is 0 Å². The molecule has 0 saturated heterocycles. The molecule has 0 saturated carbocycles. The fourth-order valence-electron chi connectivity index (χ4n) is 1.27. The van der Waals surface area contributed by atoms with Crippen LogP contribution in [0.1, 0.15) is 13.3 Å². The van der Waals surface area contributed by atoms with E-state index in [2.05, 4.69) is 4.72 Å². The van der Waals surface area contributed by atoms with E-state index in [1.54, 1.807) is 6.92 Å². The number of nitrogens with two attached hydrogens (primary N) is 1. The molecule has 0 heterocycles. The van der Waals surface area contributed by atoms with Crippen molar-refractivity contribution in [3.05, 3.63) is 23.2 Å². The van der Waals surface area contributed by atoms with Crippen LogP contribution in [-0.4, -0.2) is 26.2 Å². The van der Waals surface area contributed by atoms with E-state index in [-0.39, 0.29) is 22.2 Å². The number of rotatable bonds is 5. The summed E-state index contributed by atoms with van der Waals surface area (Å²) in [5, 5.41) is 9.26. The van der Waals surface area contributed by atoms with Gasteiger partial charge in [-0.3, -0.25) is 0 Å². The maximum Gasteiger partial charge on any atom is 0.242 e. The summed E-state index contributed by atoms with van der Waals surface area (Å²) in [6, 6.07) is 3.69. The fraction of sp³-hybridized carbons (Fsp3) is 0.400. The average molecular weight is 279 g/mol. The third-order valence-corrected chi connectivity index (χ3v) is 4.11. The smallest absolute Gasteiger partial charge is 0.242 e. The first-order valence-electron chi connectivity index (χ1n) is 5.09. The van der Waals surface area contributed by atoms with Crippen molar-refractivity contribution in [2.45, 2.75) is 24.3 Å². The lowest BCUT2D eigenvalue weighted by Gasteiger charge is -2.15. The van der Waals surface area contributed by atoms with Crippen LogP contribution >= 0.6 is 11.6 Å². The highest BCUT2D eigenvalue weighted by atomic mass is 35.5. The minimum atomic E-state index is -3.76. The van der Waals surface area contributed by atoms with E-state index in [0.717, 1.165) is 0 Å². The first-order chi connectivity index (χ1) is 7.90. The van der Waals surface area contributed by atoms with E-state index in [9.17, 15) is 8.42 Å². The number of hydrogen-bond donors (Lipinski definition) is 3. The summed E-state index contributed by atoms with van der Waals surface area (Å²) in [6.45, 7) is 1.50. The van der Waals surface area contributed by atoms with E-state index in [1.165, 1.54) is 18.2 Å². The summed E-state index contributed by atoms with van der Waals surface area (Å²) >= 11 is 5.73. The minimum absolute atomic E-state index is 0.0723.